The van der Waals surface area contributed by atoms with E-state index in [0.717, 1.165) is 0 Å². The smallest absolute Gasteiger partial charge is 0.257 e. The molecule has 0 saturated heterocycles. The molecule has 3 nitrogen and oxygen atoms in total. The van der Waals surface area contributed by atoms with Crippen molar-refractivity contribution in [1.82, 2.24) is 5.32 Å². The van der Waals surface area contributed by atoms with Crippen LogP contribution in [-0.2, 0) is 4.79 Å². The fourth-order valence-electron chi connectivity index (χ4n) is 1.25. The minimum absolute atomic E-state index is 0.231. The van der Waals surface area contributed by atoms with Gasteiger partial charge in [-0.25, -0.2) is 0 Å². The molecule has 0 fully saturated rings. The second-order valence-corrected chi connectivity index (χ2v) is 3.61. The number of nitrogens with one attached hydrogen (secondary N) is 1. The van der Waals surface area contributed by atoms with E-state index in [1.165, 1.54) is 0 Å². The van der Waals surface area contributed by atoms with Gasteiger partial charge in [0.05, 0.1) is 0 Å². The summed E-state index contributed by atoms with van der Waals surface area (Å²) >= 11 is 0. The van der Waals surface area contributed by atoms with E-state index in [4.69, 9.17) is 0 Å². The molecular formula is C13H15NO2. The van der Waals surface area contributed by atoms with Gasteiger partial charge in [-0.15, -0.1) is 6.58 Å². The van der Waals surface area contributed by atoms with Crippen LogP contribution in [0.25, 0.3) is 0 Å². The number of carbonyl (C=O) groups is 2. The third-order valence-electron chi connectivity index (χ3n) is 2.24. The predicted octanol–water partition coefficient (Wildman–Crippen LogP) is 2.16. The molecule has 84 valence electrons. The molecule has 2 amide bonds. The molecule has 0 aliphatic heterocycles. The van der Waals surface area contributed by atoms with E-state index in [1.54, 1.807) is 37.3 Å². The maximum atomic E-state index is 11.6. The van der Waals surface area contributed by atoms with Crippen LogP contribution >= 0.6 is 0 Å². The van der Waals surface area contributed by atoms with Crippen molar-refractivity contribution in [3.05, 3.63) is 48.6 Å². The first-order valence-corrected chi connectivity index (χ1v) is 5.16. The van der Waals surface area contributed by atoms with Crippen LogP contribution in [0.1, 0.15) is 23.7 Å². The summed E-state index contributed by atoms with van der Waals surface area (Å²) < 4.78 is 0. The summed E-state index contributed by atoms with van der Waals surface area (Å²) in [4.78, 5) is 23.1. The summed E-state index contributed by atoms with van der Waals surface area (Å²) in [6, 6.07) is 8.67. The molecule has 0 aliphatic rings. The molecule has 0 bridgehead atoms. The molecule has 0 spiro atoms. The van der Waals surface area contributed by atoms with Gasteiger partial charge >= 0.3 is 0 Å². The zero-order chi connectivity index (χ0) is 12.0. The molecule has 0 aromatic heterocycles. The summed E-state index contributed by atoms with van der Waals surface area (Å²) in [5, 5.41) is 2.36. The van der Waals surface area contributed by atoms with Crippen molar-refractivity contribution in [3.8, 4) is 0 Å². The van der Waals surface area contributed by atoms with E-state index in [9.17, 15) is 9.59 Å². The van der Waals surface area contributed by atoms with E-state index < -0.39 is 0 Å². The Labute approximate surface area is 95.2 Å². The minimum Gasteiger partial charge on any atom is -0.292 e. The lowest BCUT2D eigenvalue weighted by atomic mass is 10.1. The van der Waals surface area contributed by atoms with Gasteiger partial charge < -0.3 is 0 Å². The molecule has 1 aromatic carbocycles. The number of allylic oxidation sites excluding steroid dienone is 1. The van der Waals surface area contributed by atoms with Gasteiger partial charge in [-0.05, 0) is 18.6 Å². The lowest BCUT2D eigenvalue weighted by Crippen LogP contribution is -2.34. The summed E-state index contributed by atoms with van der Waals surface area (Å²) in [6.07, 6.45) is 2.23. The minimum atomic E-state index is -0.360. The fourth-order valence-corrected chi connectivity index (χ4v) is 1.25. The first-order chi connectivity index (χ1) is 7.65. The fraction of sp³-hybridized carbons (Fsp3) is 0.231. The van der Waals surface area contributed by atoms with Crippen LogP contribution in [0.2, 0.25) is 0 Å². The number of amides is 2. The van der Waals surface area contributed by atoms with Crippen molar-refractivity contribution in [3.63, 3.8) is 0 Å². The van der Waals surface area contributed by atoms with Crippen LogP contribution < -0.4 is 5.32 Å². The van der Waals surface area contributed by atoms with E-state index in [1.807, 2.05) is 6.07 Å². The molecular weight excluding hydrogens is 202 g/mol. The second-order valence-electron chi connectivity index (χ2n) is 3.61. The molecule has 0 aliphatic carbocycles. The Morgan fingerprint density at radius 3 is 2.56 bits per heavy atom. The van der Waals surface area contributed by atoms with Gasteiger partial charge in [0.25, 0.3) is 5.91 Å². The van der Waals surface area contributed by atoms with Crippen LogP contribution in [0, 0.1) is 5.92 Å². The van der Waals surface area contributed by atoms with Crippen molar-refractivity contribution in [2.24, 2.45) is 5.92 Å². The molecule has 0 saturated carbocycles. The average Bonchev–Trinajstić information content (AvgIpc) is 2.30. The van der Waals surface area contributed by atoms with Gasteiger partial charge in [0.15, 0.2) is 0 Å². The quantitative estimate of drug-likeness (QED) is 0.785. The zero-order valence-electron chi connectivity index (χ0n) is 9.27. The van der Waals surface area contributed by atoms with Gasteiger partial charge in [-0.1, -0.05) is 31.2 Å². The largest absolute Gasteiger partial charge is 0.292 e. The Morgan fingerprint density at radius 1 is 1.38 bits per heavy atom. The predicted molar refractivity (Wildman–Crippen MR) is 62.9 cm³/mol. The van der Waals surface area contributed by atoms with Gasteiger partial charge in [-0.3, -0.25) is 14.9 Å². The number of rotatable bonds is 4. The summed E-state index contributed by atoms with van der Waals surface area (Å²) in [7, 11) is 0. The molecule has 3 heteroatoms. The third kappa shape index (κ3) is 3.35. The van der Waals surface area contributed by atoms with Crippen molar-refractivity contribution >= 4 is 11.8 Å². The van der Waals surface area contributed by atoms with Gasteiger partial charge in [-0.2, -0.15) is 0 Å². The average molecular weight is 217 g/mol. The van der Waals surface area contributed by atoms with Crippen LogP contribution in [0.15, 0.2) is 43.0 Å². The number of benzene rings is 1. The SMILES string of the molecule is C=CCC(C)C(=O)NC(=O)c1ccccc1. The van der Waals surface area contributed by atoms with Crippen LogP contribution in [0.5, 0.6) is 0 Å². The second kappa shape index (κ2) is 5.85. The van der Waals surface area contributed by atoms with Gasteiger partial charge in [0.1, 0.15) is 0 Å². The Balaban J connectivity index is 2.58. The van der Waals surface area contributed by atoms with Crippen molar-refractivity contribution in [2.75, 3.05) is 0 Å². The number of hydrogen-bond acceptors (Lipinski definition) is 2. The molecule has 1 rings (SSSR count). The van der Waals surface area contributed by atoms with Crippen LogP contribution in [0.3, 0.4) is 0 Å². The topological polar surface area (TPSA) is 46.2 Å². The first kappa shape index (κ1) is 12.2. The summed E-state index contributed by atoms with van der Waals surface area (Å²) in [5.41, 5.74) is 0.488. The lowest BCUT2D eigenvalue weighted by Gasteiger charge is -2.08. The Morgan fingerprint density at radius 2 is 2.00 bits per heavy atom. The number of imide groups is 1. The van der Waals surface area contributed by atoms with Gasteiger partial charge in [0, 0.05) is 11.5 Å². The van der Waals surface area contributed by atoms with Crippen molar-refractivity contribution in [2.45, 2.75) is 13.3 Å². The third-order valence-corrected chi connectivity index (χ3v) is 2.24. The summed E-state index contributed by atoms with van der Waals surface area (Å²) in [6.45, 7) is 5.31. The standard InChI is InChI=1S/C13H15NO2/c1-3-7-10(2)12(15)14-13(16)11-8-5-4-6-9-11/h3-6,8-10H,1,7H2,2H3,(H,14,15,16). The highest BCUT2D eigenvalue weighted by Crippen LogP contribution is 2.03. The first-order valence-electron chi connectivity index (χ1n) is 5.16. The molecule has 1 N–H and O–H groups in total. The summed E-state index contributed by atoms with van der Waals surface area (Å²) in [5.74, 6) is -0.861. The molecule has 1 atom stereocenters. The molecule has 0 heterocycles. The number of carbonyl (C=O) groups excluding carboxylic acids is 2. The van der Waals surface area contributed by atoms with E-state index >= 15 is 0 Å². The Kier molecular flexibility index (Phi) is 4.45. The lowest BCUT2D eigenvalue weighted by molar-refractivity contribution is -0.123. The van der Waals surface area contributed by atoms with E-state index in [-0.39, 0.29) is 17.7 Å². The van der Waals surface area contributed by atoms with Crippen molar-refractivity contribution in [1.29, 1.82) is 0 Å². The zero-order valence-corrected chi connectivity index (χ0v) is 9.27. The van der Waals surface area contributed by atoms with Crippen molar-refractivity contribution < 1.29 is 9.59 Å². The molecule has 1 unspecified atom stereocenters. The van der Waals surface area contributed by atoms with Crippen LogP contribution in [-0.4, -0.2) is 11.8 Å². The number of hydrogen-bond donors (Lipinski definition) is 1. The molecule has 0 radical (unpaired) electrons. The van der Waals surface area contributed by atoms with E-state index in [0.29, 0.717) is 12.0 Å². The molecule has 1 aromatic rings. The Bertz CT molecular complexity index is 384. The normalized spacial score (nSPS) is 11.6. The monoisotopic (exact) mass is 217 g/mol. The Hall–Kier alpha value is -1.90. The highest BCUT2D eigenvalue weighted by Gasteiger charge is 2.15. The maximum absolute atomic E-state index is 11.6. The van der Waals surface area contributed by atoms with Crippen LogP contribution in [0.4, 0.5) is 0 Å². The highest BCUT2D eigenvalue weighted by atomic mass is 16.2. The van der Waals surface area contributed by atoms with Gasteiger partial charge in [0.2, 0.25) is 5.91 Å². The highest BCUT2D eigenvalue weighted by molar-refractivity contribution is 6.05. The maximum Gasteiger partial charge on any atom is 0.257 e. The molecule has 16 heavy (non-hydrogen) atoms. The van der Waals surface area contributed by atoms with E-state index in [2.05, 4.69) is 11.9 Å².